The molecule has 3 heterocycles. The summed E-state index contributed by atoms with van der Waals surface area (Å²) in [6.07, 6.45) is 4.02. The molecule has 35 heavy (non-hydrogen) atoms. The van der Waals surface area contributed by atoms with Crippen molar-refractivity contribution < 1.29 is 9.53 Å². The van der Waals surface area contributed by atoms with Crippen LogP contribution in [0.5, 0.6) is 0 Å². The lowest BCUT2D eigenvalue weighted by Crippen LogP contribution is -2.40. The summed E-state index contributed by atoms with van der Waals surface area (Å²) in [7, 11) is 7.03. The van der Waals surface area contributed by atoms with Crippen LogP contribution in [-0.2, 0) is 23.2 Å². The second-order valence-electron chi connectivity index (χ2n) is 10.3. The normalized spacial score (nSPS) is 15.3. The molecule has 2 aromatic heterocycles. The predicted molar refractivity (Wildman–Crippen MR) is 141 cm³/mol. The lowest BCUT2D eigenvalue weighted by molar-refractivity contribution is -0.130. The number of nitrogens with one attached hydrogen (secondary N) is 1. The summed E-state index contributed by atoms with van der Waals surface area (Å²) in [6.45, 7) is 7.12. The third kappa shape index (κ3) is 5.21. The van der Waals surface area contributed by atoms with Crippen LogP contribution in [0.1, 0.15) is 55.2 Å². The second-order valence-corrected chi connectivity index (χ2v) is 10.3. The molecule has 188 valence electrons. The van der Waals surface area contributed by atoms with Crippen LogP contribution in [0.3, 0.4) is 0 Å². The lowest BCUT2D eigenvalue weighted by Gasteiger charge is -2.32. The van der Waals surface area contributed by atoms with Crippen LogP contribution in [0.15, 0.2) is 35.3 Å². The number of nitrogens with zero attached hydrogens (tertiary/aromatic N) is 3. The highest BCUT2D eigenvalue weighted by atomic mass is 16.5. The number of pyridine rings is 1. The summed E-state index contributed by atoms with van der Waals surface area (Å²) in [4.78, 5) is 32.2. The molecule has 0 spiro atoms. The van der Waals surface area contributed by atoms with Crippen LogP contribution >= 0.6 is 0 Å². The molecular weight excluding hydrogens is 440 g/mol. The topological polar surface area (TPSA) is 70.6 Å². The molecule has 1 saturated heterocycles. The Balaban J connectivity index is 1.65. The summed E-state index contributed by atoms with van der Waals surface area (Å²) in [6, 6.07) is 8.75. The summed E-state index contributed by atoms with van der Waals surface area (Å²) < 4.78 is 6.90. The van der Waals surface area contributed by atoms with Gasteiger partial charge in [0.2, 0.25) is 5.91 Å². The van der Waals surface area contributed by atoms with Crippen molar-refractivity contribution in [1.29, 1.82) is 0 Å². The van der Waals surface area contributed by atoms with E-state index < -0.39 is 0 Å². The Hall–Kier alpha value is -2.90. The third-order valence-electron chi connectivity index (χ3n) is 7.20. The second kappa shape index (κ2) is 10.4. The highest BCUT2D eigenvalue weighted by Gasteiger charge is 2.24. The number of hydrogen-bond donors (Lipinski definition) is 1. The number of amides is 1. The Morgan fingerprint density at radius 1 is 1.20 bits per heavy atom. The van der Waals surface area contributed by atoms with Crippen molar-refractivity contribution in [2.24, 2.45) is 7.05 Å². The van der Waals surface area contributed by atoms with Gasteiger partial charge in [-0.15, -0.1) is 0 Å². The van der Waals surface area contributed by atoms with Gasteiger partial charge in [-0.2, -0.15) is 0 Å². The number of hydrogen-bond acceptors (Lipinski definition) is 4. The molecule has 7 nitrogen and oxygen atoms in total. The van der Waals surface area contributed by atoms with Crippen LogP contribution < -0.4 is 5.56 Å². The lowest BCUT2D eigenvalue weighted by atomic mass is 9.87. The average Bonchev–Trinajstić information content (AvgIpc) is 3.21. The van der Waals surface area contributed by atoms with Gasteiger partial charge in [0, 0.05) is 56.5 Å². The number of carbonyl (C=O) groups excluding carboxylic acids is 1. The molecule has 1 aliphatic heterocycles. The van der Waals surface area contributed by atoms with E-state index in [0.29, 0.717) is 30.6 Å². The van der Waals surface area contributed by atoms with Crippen molar-refractivity contribution in [3.8, 4) is 11.3 Å². The van der Waals surface area contributed by atoms with Crippen LogP contribution in [-0.4, -0.2) is 66.1 Å². The standard InChI is InChI=1S/C28H38N4O3/c1-18(2)26-23-14-20(19-9-11-32(12-10-19)16-25(33)30(3)4)7-8-24(23)29-27(26)21-13-22(17-35-6)28(34)31(5)15-21/h7-8,13-15,18-19,29H,9-12,16-17H2,1-6H3. The number of aromatic amines is 1. The van der Waals surface area contributed by atoms with Crippen molar-refractivity contribution in [1.82, 2.24) is 19.4 Å². The number of likely N-dealkylation sites (tertiary alicyclic amines) is 1. The fourth-order valence-corrected chi connectivity index (χ4v) is 5.24. The van der Waals surface area contributed by atoms with Crippen molar-refractivity contribution in [2.45, 2.75) is 45.1 Å². The number of piperidine rings is 1. The molecule has 0 aliphatic carbocycles. The number of rotatable bonds is 7. The van der Waals surface area contributed by atoms with E-state index in [0.717, 1.165) is 42.7 Å². The average molecular weight is 479 g/mol. The summed E-state index contributed by atoms with van der Waals surface area (Å²) in [5.74, 6) is 0.976. The van der Waals surface area contributed by atoms with Crippen molar-refractivity contribution in [2.75, 3.05) is 40.8 Å². The van der Waals surface area contributed by atoms with Crippen LogP contribution in [0.25, 0.3) is 22.2 Å². The van der Waals surface area contributed by atoms with E-state index in [1.807, 2.05) is 26.4 Å². The third-order valence-corrected chi connectivity index (χ3v) is 7.20. The quantitative estimate of drug-likeness (QED) is 0.556. The molecule has 0 bridgehead atoms. The van der Waals surface area contributed by atoms with E-state index in [1.54, 1.807) is 23.6 Å². The molecular formula is C28H38N4O3. The number of ether oxygens (including phenoxy) is 1. The predicted octanol–water partition coefficient (Wildman–Crippen LogP) is 4.07. The maximum Gasteiger partial charge on any atom is 0.255 e. The van der Waals surface area contributed by atoms with Gasteiger partial charge in [0.25, 0.3) is 5.56 Å². The van der Waals surface area contributed by atoms with Gasteiger partial charge in [0.05, 0.1) is 18.8 Å². The van der Waals surface area contributed by atoms with Gasteiger partial charge in [-0.05, 0) is 67.1 Å². The van der Waals surface area contributed by atoms with Crippen molar-refractivity contribution in [3.05, 3.63) is 57.5 Å². The molecule has 0 atom stereocenters. The Kier molecular flexibility index (Phi) is 7.47. The Labute approximate surface area is 207 Å². The number of aryl methyl sites for hydroxylation is 1. The fourth-order valence-electron chi connectivity index (χ4n) is 5.24. The SMILES string of the molecule is COCc1cc(-c2[nH]c3ccc(C4CCN(CC(=O)N(C)C)CC4)cc3c2C(C)C)cn(C)c1=O. The van der Waals surface area contributed by atoms with Gasteiger partial charge in [-0.25, -0.2) is 0 Å². The number of carbonyl (C=O) groups is 1. The highest BCUT2D eigenvalue weighted by Crippen LogP contribution is 2.38. The molecule has 1 fully saturated rings. The molecule has 7 heteroatoms. The Morgan fingerprint density at radius 2 is 1.91 bits per heavy atom. The van der Waals surface area contributed by atoms with Gasteiger partial charge in [0.1, 0.15) is 0 Å². The van der Waals surface area contributed by atoms with Crippen LogP contribution in [0.4, 0.5) is 0 Å². The first-order chi connectivity index (χ1) is 16.7. The largest absolute Gasteiger partial charge is 0.380 e. The van der Waals surface area contributed by atoms with Gasteiger partial charge < -0.3 is 19.2 Å². The summed E-state index contributed by atoms with van der Waals surface area (Å²) in [5, 5.41) is 1.25. The minimum absolute atomic E-state index is 0.0290. The zero-order chi connectivity index (χ0) is 25.3. The summed E-state index contributed by atoms with van der Waals surface area (Å²) >= 11 is 0. The minimum Gasteiger partial charge on any atom is -0.380 e. The van der Waals surface area contributed by atoms with Gasteiger partial charge in [-0.3, -0.25) is 14.5 Å². The maximum atomic E-state index is 12.5. The van der Waals surface area contributed by atoms with E-state index >= 15 is 0 Å². The molecule has 1 aromatic carbocycles. The molecule has 1 amide bonds. The smallest absolute Gasteiger partial charge is 0.255 e. The monoisotopic (exact) mass is 478 g/mol. The number of methoxy groups -OCH3 is 1. The number of aromatic nitrogens is 2. The molecule has 1 aliphatic rings. The van der Waals surface area contributed by atoms with Crippen molar-refractivity contribution in [3.63, 3.8) is 0 Å². The van der Waals surface area contributed by atoms with Crippen molar-refractivity contribution >= 4 is 16.8 Å². The molecule has 0 saturated carbocycles. The molecule has 0 unspecified atom stereocenters. The van der Waals surface area contributed by atoms with E-state index in [2.05, 4.69) is 41.9 Å². The molecule has 1 N–H and O–H groups in total. The molecule has 3 aromatic rings. The molecule has 0 radical (unpaired) electrons. The van der Waals surface area contributed by atoms with E-state index in [4.69, 9.17) is 4.74 Å². The Bertz CT molecular complexity index is 1260. The fraction of sp³-hybridized carbons (Fsp3) is 0.500. The number of fused-ring (bicyclic) bond motifs is 1. The first kappa shape index (κ1) is 25.2. The number of H-pyrrole nitrogens is 1. The van der Waals surface area contributed by atoms with Gasteiger partial charge in [-0.1, -0.05) is 19.9 Å². The summed E-state index contributed by atoms with van der Waals surface area (Å²) in [5.41, 5.74) is 6.45. The van der Waals surface area contributed by atoms with E-state index in [1.165, 1.54) is 16.5 Å². The zero-order valence-corrected chi connectivity index (χ0v) is 21.9. The van der Waals surface area contributed by atoms with E-state index in [-0.39, 0.29) is 11.5 Å². The number of benzene rings is 1. The minimum atomic E-state index is -0.0290. The number of likely N-dealkylation sites (N-methyl/N-ethyl adjacent to an activating group) is 1. The maximum absolute atomic E-state index is 12.5. The first-order valence-electron chi connectivity index (χ1n) is 12.5. The van der Waals surface area contributed by atoms with Crippen LogP contribution in [0, 0.1) is 0 Å². The van der Waals surface area contributed by atoms with E-state index in [9.17, 15) is 9.59 Å². The van der Waals surface area contributed by atoms with Crippen LogP contribution in [0.2, 0.25) is 0 Å². The first-order valence-corrected chi connectivity index (χ1v) is 12.5. The highest BCUT2D eigenvalue weighted by molar-refractivity contribution is 5.92. The van der Waals surface area contributed by atoms with Gasteiger partial charge >= 0.3 is 0 Å². The Morgan fingerprint density at radius 3 is 2.54 bits per heavy atom. The zero-order valence-electron chi connectivity index (χ0n) is 21.9. The van der Waals surface area contributed by atoms with Gasteiger partial charge in [0.15, 0.2) is 0 Å². The molecule has 4 rings (SSSR count).